The molecule has 12 heteroatoms. The highest BCUT2D eigenvalue weighted by atomic mass is 32.2. The zero-order chi connectivity index (χ0) is 30.4. The number of ether oxygens (including phenoxy) is 1. The molecule has 0 amide bonds. The van der Waals surface area contributed by atoms with E-state index in [1.165, 1.54) is 61.2 Å². The van der Waals surface area contributed by atoms with Crippen molar-refractivity contribution in [2.75, 3.05) is 6.26 Å². The predicted molar refractivity (Wildman–Crippen MR) is 153 cm³/mol. The molecule has 1 aliphatic carbocycles. The number of aromatic nitrogens is 4. The van der Waals surface area contributed by atoms with Crippen LogP contribution in [-0.4, -0.2) is 45.4 Å². The van der Waals surface area contributed by atoms with Crippen molar-refractivity contribution in [3.05, 3.63) is 102 Å². The van der Waals surface area contributed by atoms with E-state index >= 15 is 4.39 Å². The minimum atomic E-state index is -3.55. The van der Waals surface area contributed by atoms with E-state index in [4.69, 9.17) is 4.74 Å². The van der Waals surface area contributed by atoms with Gasteiger partial charge in [0, 0.05) is 30.8 Å². The first-order chi connectivity index (χ1) is 20.5. The number of rotatable bonds is 10. The van der Waals surface area contributed by atoms with E-state index in [0.717, 1.165) is 10.3 Å². The lowest BCUT2D eigenvalue weighted by Crippen LogP contribution is -2.28. The minimum Gasteiger partial charge on any atom is -0.453 e. The molecule has 2 aromatic carbocycles. The Hall–Kier alpha value is -4.84. The highest BCUT2D eigenvalue weighted by Crippen LogP contribution is 2.49. The quantitative estimate of drug-likeness (QED) is 0.203. The van der Waals surface area contributed by atoms with Crippen LogP contribution >= 0.6 is 0 Å². The van der Waals surface area contributed by atoms with Gasteiger partial charge in [-0.25, -0.2) is 17.2 Å². The SMILES string of the molecule is CS(=O)(=O)n1cc(-c2cc3nccc(Oc4ccc(CC(=O)C5(C(=O)Cc6ccc(F)cc6)CC5)cc4F)c3cn2)cn1. The second-order valence-electron chi connectivity index (χ2n) is 10.5. The zero-order valence-corrected chi connectivity index (χ0v) is 23.6. The number of pyridine rings is 2. The molecule has 1 aliphatic rings. The molecule has 6 rings (SSSR count). The number of carbonyl (C=O) groups excluding carboxylic acids is 2. The van der Waals surface area contributed by atoms with Crippen molar-refractivity contribution in [3.63, 3.8) is 0 Å². The third-order valence-electron chi connectivity index (χ3n) is 7.46. The molecule has 0 unspecified atom stereocenters. The van der Waals surface area contributed by atoms with Crippen molar-refractivity contribution in [1.82, 2.24) is 19.2 Å². The summed E-state index contributed by atoms with van der Waals surface area (Å²) in [6, 6.07) is 13.0. The number of benzene rings is 2. The molecule has 0 saturated heterocycles. The molecule has 1 saturated carbocycles. The van der Waals surface area contributed by atoms with Gasteiger partial charge in [-0.3, -0.25) is 19.6 Å². The molecule has 3 heterocycles. The van der Waals surface area contributed by atoms with Crippen molar-refractivity contribution >= 4 is 32.5 Å². The third kappa shape index (κ3) is 5.78. The van der Waals surface area contributed by atoms with Crippen LogP contribution in [0.15, 0.2) is 79.4 Å². The Morgan fingerprint density at radius 3 is 2.26 bits per heavy atom. The van der Waals surface area contributed by atoms with Gasteiger partial charge in [0.25, 0.3) is 10.0 Å². The summed E-state index contributed by atoms with van der Waals surface area (Å²) in [6.07, 6.45) is 7.57. The largest absolute Gasteiger partial charge is 0.453 e. The van der Waals surface area contributed by atoms with Crippen LogP contribution in [0, 0.1) is 17.0 Å². The van der Waals surface area contributed by atoms with E-state index < -0.39 is 27.1 Å². The molecule has 1 fully saturated rings. The van der Waals surface area contributed by atoms with E-state index in [2.05, 4.69) is 15.1 Å². The fourth-order valence-corrected chi connectivity index (χ4v) is 5.41. The van der Waals surface area contributed by atoms with Crippen LogP contribution in [-0.2, 0) is 32.5 Å². The Kier molecular flexibility index (Phi) is 7.09. The highest BCUT2D eigenvalue weighted by molar-refractivity contribution is 7.89. The summed E-state index contributed by atoms with van der Waals surface area (Å²) in [7, 11) is -3.55. The molecule has 9 nitrogen and oxygen atoms in total. The fourth-order valence-electron chi connectivity index (χ4n) is 4.89. The monoisotopic (exact) mass is 602 g/mol. The number of fused-ring (bicyclic) bond motifs is 1. The summed E-state index contributed by atoms with van der Waals surface area (Å²) in [5, 5.41) is 4.35. The smallest absolute Gasteiger partial charge is 0.250 e. The molecule has 0 radical (unpaired) electrons. The molecular weight excluding hydrogens is 578 g/mol. The maximum Gasteiger partial charge on any atom is 0.250 e. The topological polar surface area (TPSA) is 121 Å². The van der Waals surface area contributed by atoms with Crippen LogP contribution in [0.1, 0.15) is 24.0 Å². The van der Waals surface area contributed by atoms with Crippen molar-refractivity contribution < 1.29 is 31.5 Å². The Labute approximate surface area is 245 Å². The van der Waals surface area contributed by atoms with E-state index in [1.807, 2.05) is 0 Å². The Balaban J connectivity index is 1.16. The second-order valence-corrected chi connectivity index (χ2v) is 12.4. The Morgan fingerprint density at radius 2 is 1.60 bits per heavy atom. The van der Waals surface area contributed by atoms with Crippen LogP contribution in [0.3, 0.4) is 0 Å². The molecule has 5 aromatic rings. The number of ketones is 2. The first-order valence-corrected chi connectivity index (χ1v) is 15.1. The summed E-state index contributed by atoms with van der Waals surface area (Å²) in [4.78, 5) is 34.8. The van der Waals surface area contributed by atoms with E-state index in [-0.39, 0.29) is 30.2 Å². The number of Topliss-reactive ketones (excluding diaryl/α,β-unsaturated/α-hetero) is 2. The lowest BCUT2D eigenvalue weighted by Gasteiger charge is -2.14. The van der Waals surface area contributed by atoms with Gasteiger partial charge < -0.3 is 4.74 Å². The van der Waals surface area contributed by atoms with Gasteiger partial charge in [-0.05, 0) is 60.4 Å². The maximum absolute atomic E-state index is 15.1. The summed E-state index contributed by atoms with van der Waals surface area (Å²) in [6.45, 7) is 0. The van der Waals surface area contributed by atoms with E-state index in [1.54, 1.807) is 18.2 Å². The standard InChI is InChI=1S/C31H24F2N4O5S/c1-43(40,41)37-18-21(16-36-37)25-15-26-23(17-35-25)27(8-11-34-26)42-28-7-4-20(12-24(28)33)14-30(39)31(9-10-31)29(38)13-19-2-5-22(32)6-3-19/h2-8,11-12,15-18H,9-10,13-14H2,1H3. The molecule has 0 N–H and O–H groups in total. The lowest BCUT2D eigenvalue weighted by atomic mass is 9.88. The fraction of sp³-hybridized carbons (Fsp3) is 0.194. The molecule has 0 bridgehead atoms. The molecular formula is C31H24F2N4O5S. The summed E-state index contributed by atoms with van der Waals surface area (Å²) >= 11 is 0. The summed E-state index contributed by atoms with van der Waals surface area (Å²) in [5.41, 5.74) is 1.37. The molecule has 0 spiro atoms. The van der Waals surface area contributed by atoms with Crippen LogP contribution in [0.2, 0.25) is 0 Å². The normalized spacial score (nSPS) is 14.0. The summed E-state index contributed by atoms with van der Waals surface area (Å²) in [5.74, 6) is -1.34. The molecule has 43 heavy (non-hydrogen) atoms. The summed E-state index contributed by atoms with van der Waals surface area (Å²) < 4.78 is 58.5. The number of nitrogens with zero attached hydrogens (tertiary/aromatic N) is 4. The predicted octanol–water partition coefficient (Wildman–Crippen LogP) is 5.08. The van der Waals surface area contributed by atoms with Crippen LogP contribution in [0.4, 0.5) is 8.78 Å². The number of hydrogen-bond donors (Lipinski definition) is 0. The highest BCUT2D eigenvalue weighted by Gasteiger charge is 2.54. The van der Waals surface area contributed by atoms with Gasteiger partial charge in [0.15, 0.2) is 23.1 Å². The van der Waals surface area contributed by atoms with Crippen molar-refractivity contribution in [2.24, 2.45) is 5.41 Å². The first kappa shape index (κ1) is 28.3. The van der Waals surface area contributed by atoms with Crippen molar-refractivity contribution in [2.45, 2.75) is 25.7 Å². The Morgan fingerprint density at radius 1 is 0.907 bits per heavy atom. The van der Waals surface area contributed by atoms with Gasteiger partial charge >= 0.3 is 0 Å². The van der Waals surface area contributed by atoms with Crippen molar-refractivity contribution in [1.29, 1.82) is 0 Å². The van der Waals surface area contributed by atoms with Crippen LogP contribution in [0.5, 0.6) is 11.5 Å². The average Bonchev–Trinajstić information content (AvgIpc) is 3.63. The van der Waals surface area contributed by atoms with Crippen LogP contribution in [0.25, 0.3) is 22.2 Å². The molecule has 3 aromatic heterocycles. The van der Waals surface area contributed by atoms with Crippen LogP contribution < -0.4 is 4.74 Å². The van der Waals surface area contributed by atoms with Gasteiger partial charge in [0.05, 0.1) is 40.7 Å². The third-order valence-corrected chi connectivity index (χ3v) is 8.34. The van der Waals surface area contributed by atoms with Gasteiger partial charge in [0.2, 0.25) is 0 Å². The average molecular weight is 603 g/mol. The lowest BCUT2D eigenvalue weighted by molar-refractivity contribution is -0.133. The number of carbonyl (C=O) groups is 2. The second kappa shape index (κ2) is 10.8. The maximum atomic E-state index is 15.1. The van der Waals surface area contributed by atoms with Gasteiger partial charge in [-0.15, -0.1) is 0 Å². The molecule has 0 aliphatic heterocycles. The van der Waals surface area contributed by atoms with Crippen molar-refractivity contribution in [3.8, 4) is 22.8 Å². The minimum absolute atomic E-state index is 0.0354. The Bertz CT molecular complexity index is 2000. The zero-order valence-electron chi connectivity index (χ0n) is 22.8. The van der Waals surface area contributed by atoms with Gasteiger partial charge in [-0.2, -0.15) is 9.19 Å². The molecule has 0 atom stereocenters. The van der Waals surface area contributed by atoms with Gasteiger partial charge in [-0.1, -0.05) is 18.2 Å². The van der Waals surface area contributed by atoms with E-state index in [9.17, 15) is 22.4 Å². The first-order valence-electron chi connectivity index (χ1n) is 13.3. The van der Waals surface area contributed by atoms with Gasteiger partial charge in [0.1, 0.15) is 11.6 Å². The number of hydrogen-bond acceptors (Lipinski definition) is 8. The molecule has 218 valence electrons. The number of halogens is 2. The van der Waals surface area contributed by atoms with E-state index in [0.29, 0.717) is 51.9 Å².